The van der Waals surface area contributed by atoms with E-state index < -0.39 is 0 Å². The zero-order valence-corrected chi connectivity index (χ0v) is 14.4. The maximum atomic E-state index is 12.4. The van der Waals surface area contributed by atoms with E-state index in [-0.39, 0.29) is 6.03 Å². The maximum absolute atomic E-state index is 12.4. The van der Waals surface area contributed by atoms with Crippen LogP contribution in [0.5, 0.6) is 0 Å². The summed E-state index contributed by atoms with van der Waals surface area (Å²) in [5.41, 5.74) is 3.28. The van der Waals surface area contributed by atoms with Gasteiger partial charge in [-0.25, -0.2) is 4.79 Å². The third kappa shape index (κ3) is 2.89. The molecule has 0 atom stereocenters. The zero-order chi connectivity index (χ0) is 16.5. The highest BCUT2D eigenvalue weighted by Gasteiger charge is 2.21. The first kappa shape index (κ1) is 15.2. The van der Waals surface area contributed by atoms with Gasteiger partial charge in [0.05, 0.1) is 5.52 Å². The maximum Gasteiger partial charge on any atom is 0.323 e. The summed E-state index contributed by atoms with van der Waals surface area (Å²) in [4.78, 5) is 14.3. The number of amides is 2. The standard InChI is InChI=1S/C18H20N4OS/c1-12-4-7-22(8-5-12)18(23)19-17-15-3-2-13(10-16(15)20-21-17)14-6-9-24-11-14/h2-3,6,9-12H,4-5,7-8H2,1H3,(H2,19,20,21,23). The predicted molar refractivity (Wildman–Crippen MR) is 98.4 cm³/mol. The summed E-state index contributed by atoms with van der Waals surface area (Å²) in [5.74, 6) is 1.31. The molecule has 0 spiro atoms. The van der Waals surface area contributed by atoms with Crippen molar-refractivity contribution in [1.82, 2.24) is 15.1 Å². The van der Waals surface area contributed by atoms with E-state index in [2.05, 4.69) is 51.4 Å². The Morgan fingerprint density at radius 1 is 1.29 bits per heavy atom. The molecule has 3 heterocycles. The van der Waals surface area contributed by atoms with E-state index in [4.69, 9.17) is 0 Å². The van der Waals surface area contributed by atoms with Crippen LogP contribution in [0.25, 0.3) is 22.0 Å². The van der Waals surface area contributed by atoms with Crippen molar-refractivity contribution in [2.24, 2.45) is 5.92 Å². The van der Waals surface area contributed by atoms with Crippen LogP contribution in [0.4, 0.5) is 10.6 Å². The van der Waals surface area contributed by atoms with Crippen molar-refractivity contribution >= 4 is 34.1 Å². The minimum atomic E-state index is -0.0581. The molecular formula is C18H20N4OS. The number of thiophene rings is 1. The number of hydrogen-bond acceptors (Lipinski definition) is 3. The monoisotopic (exact) mass is 340 g/mol. The smallest absolute Gasteiger partial charge is 0.323 e. The van der Waals surface area contributed by atoms with Crippen molar-refractivity contribution in [3.8, 4) is 11.1 Å². The number of H-pyrrole nitrogens is 1. The number of aromatic amines is 1. The van der Waals surface area contributed by atoms with Crippen LogP contribution in [0.1, 0.15) is 19.8 Å². The van der Waals surface area contributed by atoms with Crippen molar-refractivity contribution in [3.05, 3.63) is 35.0 Å². The van der Waals surface area contributed by atoms with Crippen molar-refractivity contribution < 1.29 is 4.79 Å². The first-order valence-corrected chi connectivity index (χ1v) is 9.21. The molecule has 4 rings (SSSR count). The summed E-state index contributed by atoms with van der Waals surface area (Å²) >= 11 is 1.68. The normalized spacial score (nSPS) is 15.8. The molecule has 0 radical (unpaired) electrons. The number of nitrogens with zero attached hydrogens (tertiary/aromatic N) is 2. The summed E-state index contributed by atoms with van der Waals surface area (Å²) in [6.07, 6.45) is 2.14. The van der Waals surface area contributed by atoms with Gasteiger partial charge in [-0.05, 0) is 58.8 Å². The molecule has 5 nitrogen and oxygen atoms in total. The molecule has 0 bridgehead atoms. The second-order valence-corrected chi connectivity index (χ2v) is 7.22. The Labute approximate surface area is 144 Å². The summed E-state index contributed by atoms with van der Waals surface area (Å²) < 4.78 is 0. The van der Waals surface area contributed by atoms with E-state index in [1.807, 2.05) is 11.0 Å². The number of benzene rings is 1. The number of urea groups is 1. The molecule has 1 aromatic carbocycles. The molecule has 0 unspecified atom stereocenters. The number of carbonyl (C=O) groups is 1. The van der Waals surface area contributed by atoms with Gasteiger partial charge in [-0.1, -0.05) is 13.0 Å². The fraction of sp³-hybridized carbons (Fsp3) is 0.333. The summed E-state index contributed by atoms with van der Waals surface area (Å²) in [7, 11) is 0. The van der Waals surface area contributed by atoms with Crippen molar-refractivity contribution in [3.63, 3.8) is 0 Å². The van der Waals surface area contributed by atoms with Crippen LogP contribution in [-0.2, 0) is 0 Å². The van der Waals surface area contributed by atoms with Gasteiger partial charge < -0.3 is 4.90 Å². The number of anilines is 1. The number of aromatic nitrogens is 2. The quantitative estimate of drug-likeness (QED) is 0.718. The van der Waals surface area contributed by atoms with Crippen LogP contribution < -0.4 is 5.32 Å². The number of likely N-dealkylation sites (tertiary alicyclic amines) is 1. The lowest BCUT2D eigenvalue weighted by atomic mass is 10.00. The molecule has 1 aliphatic rings. The fourth-order valence-electron chi connectivity index (χ4n) is 3.12. The van der Waals surface area contributed by atoms with Crippen LogP contribution in [0, 0.1) is 5.92 Å². The lowest BCUT2D eigenvalue weighted by molar-refractivity contribution is 0.186. The Morgan fingerprint density at radius 3 is 2.88 bits per heavy atom. The minimum absolute atomic E-state index is 0.0581. The van der Waals surface area contributed by atoms with E-state index in [0.29, 0.717) is 11.7 Å². The Hall–Kier alpha value is -2.34. The largest absolute Gasteiger partial charge is 0.324 e. The van der Waals surface area contributed by atoms with Crippen LogP contribution in [0.15, 0.2) is 35.0 Å². The van der Waals surface area contributed by atoms with Crippen LogP contribution in [0.2, 0.25) is 0 Å². The number of nitrogens with one attached hydrogen (secondary N) is 2. The van der Waals surface area contributed by atoms with Gasteiger partial charge in [-0.2, -0.15) is 16.4 Å². The molecular weight excluding hydrogens is 320 g/mol. The highest BCUT2D eigenvalue weighted by molar-refractivity contribution is 7.08. The highest BCUT2D eigenvalue weighted by Crippen LogP contribution is 2.28. The molecule has 1 fully saturated rings. The van der Waals surface area contributed by atoms with Gasteiger partial charge in [0.1, 0.15) is 0 Å². The Balaban J connectivity index is 1.53. The van der Waals surface area contributed by atoms with Crippen LogP contribution in [0.3, 0.4) is 0 Å². The van der Waals surface area contributed by atoms with Crippen molar-refractivity contribution in [2.75, 3.05) is 18.4 Å². The number of carbonyl (C=O) groups excluding carboxylic acids is 1. The minimum Gasteiger partial charge on any atom is -0.324 e. The third-order valence-corrected chi connectivity index (χ3v) is 5.40. The number of fused-ring (bicyclic) bond motifs is 1. The van der Waals surface area contributed by atoms with E-state index in [0.717, 1.165) is 42.4 Å². The first-order valence-electron chi connectivity index (χ1n) is 8.27. The first-order chi connectivity index (χ1) is 11.7. The summed E-state index contributed by atoms with van der Waals surface area (Å²) in [5, 5.41) is 15.4. The SMILES string of the molecule is CC1CCN(C(=O)Nc2n[nH]c3cc(-c4ccsc4)ccc23)CC1. The second-order valence-electron chi connectivity index (χ2n) is 6.44. The van der Waals surface area contributed by atoms with Gasteiger partial charge in [0.25, 0.3) is 0 Å². The Bertz CT molecular complexity index is 847. The van der Waals surface area contributed by atoms with Crippen LogP contribution >= 0.6 is 11.3 Å². The molecule has 2 N–H and O–H groups in total. The van der Waals surface area contributed by atoms with E-state index in [1.165, 1.54) is 5.56 Å². The van der Waals surface area contributed by atoms with E-state index in [9.17, 15) is 4.79 Å². The van der Waals surface area contributed by atoms with Crippen LogP contribution in [-0.4, -0.2) is 34.2 Å². The molecule has 3 aromatic rings. The van der Waals surface area contributed by atoms with E-state index >= 15 is 0 Å². The van der Waals surface area contributed by atoms with Gasteiger partial charge >= 0.3 is 6.03 Å². The zero-order valence-electron chi connectivity index (χ0n) is 13.6. The van der Waals surface area contributed by atoms with Crippen molar-refractivity contribution in [2.45, 2.75) is 19.8 Å². The Kier molecular flexibility index (Phi) is 3.98. The lowest BCUT2D eigenvalue weighted by Crippen LogP contribution is -2.40. The molecule has 0 saturated carbocycles. The third-order valence-electron chi connectivity index (χ3n) is 4.71. The van der Waals surface area contributed by atoms with Gasteiger partial charge in [-0.15, -0.1) is 0 Å². The molecule has 1 saturated heterocycles. The molecule has 124 valence electrons. The van der Waals surface area contributed by atoms with Gasteiger partial charge in [-0.3, -0.25) is 10.4 Å². The highest BCUT2D eigenvalue weighted by atomic mass is 32.1. The number of rotatable bonds is 2. The average Bonchev–Trinajstić information content (AvgIpc) is 3.25. The van der Waals surface area contributed by atoms with Crippen molar-refractivity contribution in [1.29, 1.82) is 0 Å². The number of hydrogen-bond donors (Lipinski definition) is 2. The van der Waals surface area contributed by atoms with Gasteiger partial charge in [0.2, 0.25) is 0 Å². The number of piperidine rings is 1. The summed E-state index contributed by atoms with van der Waals surface area (Å²) in [6.45, 7) is 3.87. The molecule has 1 aliphatic heterocycles. The molecule has 2 amide bonds. The predicted octanol–water partition coefficient (Wildman–Crippen LogP) is 4.56. The molecule has 0 aliphatic carbocycles. The molecule has 2 aromatic heterocycles. The van der Waals surface area contributed by atoms with Gasteiger partial charge in [0, 0.05) is 18.5 Å². The lowest BCUT2D eigenvalue weighted by Gasteiger charge is -2.30. The molecule has 6 heteroatoms. The summed E-state index contributed by atoms with van der Waals surface area (Å²) in [6, 6.07) is 8.19. The Morgan fingerprint density at radius 2 is 2.12 bits per heavy atom. The van der Waals surface area contributed by atoms with E-state index in [1.54, 1.807) is 11.3 Å². The topological polar surface area (TPSA) is 61.0 Å². The second kappa shape index (κ2) is 6.28. The average molecular weight is 340 g/mol. The van der Waals surface area contributed by atoms with Gasteiger partial charge in [0.15, 0.2) is 5.82 Å². The molecule has 24 heavy (non-hydrogen) atoms. The fourth-order valence-corrected chi connectivity index (χ4v) is 3.78.